The van der Waals surface area contributed by atoms with E-state index in [1.54, 1.807) is 0 Å². The topological polar surface area (TPSA) is 29.5 Å². The Kier molecular flexibility index (Phi) is 3.72. The Morgan fingerprint density at radius 1 is 1.35 bits per heavy atom. The third kappa shape index (κ3) is 2.47. The van der Waals surface area contributed by atoms with Crippen molar-refractivity contribution in [1.82, 2.24) is 0 Å². The Hall–Kier alpha value is -1.02. The first-order valence-corrected chi connectivity index (χ1v) is 6.67. The maximum Gasteiger partial charge on any atom is 0.125 e. The number of unbranched alkanes of at least 4 members (excludes halogenated alkanes) is 1. The zero-order valence-electron chi connectivity index (χ0n) is 10.8. The van der Waals surface area contributed by atoms with Crippen LogP contribution < -0.4 is 4.74 Å². The van der Waals surface area contributed by atoms with Crippen molar-refractivity contribution in [3.05, 3.63) is 29.8 Å². The van der Waals surface area contributed by atoms with E-state index in [0.717, 1.165) is 37.0 Å². The predicted octanol–water partition coefficient (Wildman–Crippen LogP) is 3.84. The Morgan fingerprint density at radius 2 is 2.12 bits per heavy atom. The highest BCUT2D eigenvalue weighted by atomic mass is 16.5. The molecule has 1 aliphatic rings. The van der Waals surface area contributed by atoms with Crippen LogP contribution in [0.15, 0.2) is 24.3 Å². The molecule has 0 fully saturated rings. The molecule has 1 aromatic rings. The molecule has 1 heterocycles. The second-order valence-corrected chi connectivity index (χ2v) is 5.00. The van der Waals surface area contributed by atoms with Crippen molar-refractivity contribution in [2.45, 2.75) is 57.7 Å². The first-order chi connectivity index (χ1) is 8.21. The lowest BCUT2D eigenvalue weighted by Gasteiger charge is -2.40. The van der Waals surface area contributed by atoms with E-state index in [-0.39, 0.29) is 11.7 Å². The number of rotatable bonds is 4. The van der Waals surface area contributed by atoms with E-state index in [0.29, 0.717) is 0 Å². The number of hydrogen-bond acceptors (Lipinski definition) is 2. The number of aliphatic hydroxyl groups is 1. The lowest BCUT2D eigenvalue weighted by atomic mass is 9.83. The summed E-state index contributed by atoms with van der Waals surface area (Å²) in [6.45, 7) is 4.34. The Morgan fingerprint density at radius 3 is 2.82 bits per heavy atom. The number of ether oxygens (including phenoxy) is 1. The van der Waals surface area contributed by atoms with Gasteiger partial charge in [-0.2, -0.15) is 0 Å². The van der Waals surface area contributed by atoms with E-state index in [9.17, 15) is 5.11 Å². The summed E-state index contributed by atoms with van der Waals surface area (Å²) in [6, 6.07) is 7.85. The van der Waals surface area contributed by atoms with Gasteiger partial charge in [0.25, 0.3) is 0 Å². The van der Waals surface area contributed by atoms with Gasteiger partial charge in [-0.1, -0.05) is 38.5 Å². The molecule has 1 unspecified atom stereocenters. The monoisotopic (exact) mass is 234 g/mol. The number of para-hydroxylation sites is 1. The Bertz CT molecular complexity index is 375. The number of fused-ring (bicyclic) bond motifs is 1. The van der Waals surface area contributed by atoms with Gasteiger partial charge in [-0.05, 0) is 25.3 Å². The van der Waals surface area contributed by atoms with Crippen LogP contribution in [0.25, 0.3) is 0 Å². The molecule has 2 atom stereocenters. The average Bonchev–Trinajstić information content (AvgIpc) is 2.36. The second kappa shape index (κ2) is 5.09. The third-order valence-electron chi connectivity index (χ3n) is 3.80. The molecule has 1 aromatic carbocycles. The van der Waals surface area contributed by atoms with E-state index in [4.69, 9.17) is 4.74 Å². The molecule has 2 nitrogen and oxygen atoms in total. The van der Waals surface area contributed by atoms with Crippen LogP contribution in [0.5, 0.6) is 5.75 Å². The zero-order valence-corrected chi connectivity index (χ0v) is 10.8. The van der Waals surface area contributed by atoms with Crippen LogP contribution in [0.3, 0.4) is 0 Å². The molecule has 0 spiro atoms. The van der Waals surface area contributed by atoms with E-state index >= 15 is 0 Å². The number of benzene rings is 1. The average molecular weight is 234 g/mol. The van der Waals surface area contributed by atoms with Gasteiger partial charge in [0, 0.05) is 12.0 Å². The summed E-state index contributed by atoms with van der Waals surface area (Å²) >= 11 is 0. The Balaban J connectivity index is 2.24. The minimum atomic E-state index is -0.378. The van der Waals surface area contributed by atoms with Gasteiger partial charge in [-0.25, -0.2) is 0 Å². The van der Waals surface area contributed by atoms with Crippen molar-refractivity contribution in [2.24, 2.45) is 0 Å². The molecule has 94 valence electrons. The fourth-order valence-electron chi connectivity index (χ4n) is 2.63. The molecule has 17 heavy (non-hydrogen) atoms. The molecule has 0 amide bonds. The van der Waals surface area contributed by atoms with Crippen LogP contribution in [0.4, 0.5) is 0 Å². The summed E-state index contributed by atoms with van der Waals surface area (Å²) < 4.78 is 6.18. The molecule has 1 aliphatic heterocycles. The molecule has 2 rings (SSSR count). The highest BCUT2D eigenvalue weighted by molar-refractivity contribution is 5.37. The van der Waals surface area contributed by atoms with Crippen molar-refractivity contribution in [2.75, 3.05) is 0 Å². The first-order valence-electron chi connectivity index (χ1n) is 6.67. The summed E-state index contributed by atoms with van der Waals surface area (Å²) in [5.74, 6) is 0.865. The molecule has 0 radical (unpaired) electrons. The molecule has 2 heteroatoms. The fourth-order valence-corrected chi connectivity index (χ4v) is 2.63. The van der Waals surface area contributed by atoms with Crippen molar-refractivity contribution in [1.29, 1.82) is 0 Å². The normalized spacial score (nSPS) is 27.4. The lowest BCUT2D eigenvalue weighted by molar-refractivity contribution is -0.0240. The van der Waals surface area contributed by atoms with Crippen molar-refractivity contribution >= 4 is 0 Å². The minimum Gasteiger partial charge on any atom is -0.487 e. The zero-order chi connectivity index (χ0) is 12.3. The largest absolute Gasteiger partial charge is 0.487 e. The maximum atomic E-state index is 10.2. The highest BCUT2D eigenvalue weighted by Gasteiger charge is 2.38. The molecular weight excluding hydrogens is 212 g/mol. The smallest absolute Gasteiger partial charge is 0.125 e. The van der Waals surface area contributed by atoms with Gasteiger partial charge in [-0.15, -0.1) is 0 Å². The molecule has 0 bridgehead atoms. The van der Waals surface area contributed by atoms with Gasteiger partial charge in [0.15, 0.2) is 0 Å². The van der Waals surface area contributed by atoms with Gasteiger partial charge in [0.1, 0.15) is 11.4 Å². The van der Waals surface area contributed by atoms with Crippen LogP contribution in [0.2, 0.25) is 0 Å². The number of hydrogen-bond donors (Lipinski definition) is 1. The highest BCUT2D eigenvalue weighted by Crippen LogP contribution is 2.43. The molecule has 1 N–H and O–H groups in total. The van der Waals surface area contributed by atoms with Crippen LogP contribution in [0.1, 0.15) is 57.6 Å². The summed E-state index contributed by atoms with van der Waals surface area (Å²) in [7, 11) is 0. The maximum absolute atomic E-state index is 10.2. The van der Waals surface area contributed by atoms with Gasteiger partial charge >= 0.3 is 0 Å². The molecular formula is C15H22O2. The lowest BCUT2D eigenvalue weighted by Crippen LogP contribution is -2.40. The summed E-state index contributed by atoms with van der Waals surface area (Å²) in [5, 5.41) is 10.2. The minimum absolute atomic E-state index is 0.163. The summed E-state index contributed by atoms with van der Waals surface area (Å²) in [5.41, 5.74) is 0.775. The Labute approximate surface area is 104 Å². The van der Waals surface area contributed by atoms with Crippen molar-refractivity contribution in [3.63, 3.8) is 0 Å². The van der Waals surface area contributed by atoms with E-state index in [1.165, 1.54) is 6.42 Å². The van der Waals surface area contributed by atoms with Crippen molar-refractivity contribution in [3.8, 4) is 5.75 Å². The number of aliphatic hydroxyl groups excluding tert-OH is 1. The summed E-state index contributed by atoms with van der Waals surface area (Å²) in [6.07, 6.45) is 4.66. The second-order valence-electron chi connectivity index (χ2n) is 5.00. The van der Waals surface area contributed by atoms with Crippen molar-refractivity contribution < 1.29 is 9.84 Å². The van der Waals surface area contributed by atoms with Gasteiger partial charge in [0.2, 0.25) is 0 Å². The quantitative estimate of drug-likeness (QED) is 0.857. The molecule has 0 saturated carbocycles. The van der Waals surface area contributed by atoms with Gasteiger partial charge in [-0.3, -0.25) is 0 Å². The van der Waals surface area contributed by atoms with Gasteiger partial charge < -0.3 is 9.84 Å². The van der Waals surface area contributed by atoms with E-state index in [2.05, 4.69) is 13.8 Å². The van der Waals surface area contributed by atoms with Crippen LogP contribution in [0, 0.1) is 0 Å². The van der Waals surface area contributed by atoms with Crippen LogP contribution >= 0.6 is 0 Å². The van der Waals surface area contributed by atoms with Crippen LogP contribution in [-0.2, 0) is 0 Å². The summed E-state index contributed by atoms with van der Waals surface area (Å²) in [4.78, 5) is 0. The SMILES string of the molecule is CCCCC1(CC)C[C@@H](O)c2ccccc2O1. The first kappa shape index (κ1) is 12.4. The third-order valence-corrected chi connectivity index (χ3v) is 3.80. The standard InChI is InChI=1S/C15H22O2/c1-3-5-10-15(4-2)11-13(16)12-8-6-7-9-14(12)17-15/h6-9,13,16H,3-5,10-11H2,1-2H3/t13-,15?/m1/s1. The van der Waals surface area contributed by atoms with Crippen LogP contribution in [-0.4, -0.2) is 10.7 Å². The molecule has 0 saturated heterocycles. The molecule has 0 aliphatic carbocycles. The fraction of sp³-hybridized carbons (Fsp3) is 0.600. The van der Waals surface area contributed by atoms with E-state index in [1.807, 2.05) is 24.3 Å². The predicted molar refractivity (Wildman–Crippen MR) is 69.2 cm³/mol. The molecule has 0 aromatic heterocycles. The van der Waals surface area contributed by atoms with Gasteiger partial charge in [0.05, 0.1) is 6.10 Å². The van der Waals surface area contributed by atoms with E-state index < -0.39 is 0 Å².